The van der Waals surface area contributed by atoms with Crippen LogP contribution in [-0.2, 0) is 12.8 Å². The molecule has 4 rings (SSSR count). The Labute approximate surface area is 155 Å². The number of methoxy groups -OCH3 is 1. The quantitative estimate of drug-likeness (QED) is 0.741. The smallest absolute Gasteiger partial charge is 0.271 e. The maximum absolute atomic E-state index is 12.5. The number of hydrogen-bond donors (Lipinski definition) is 2. The van der Waals surface area contributed by atoms with Crippen molar-refractivity contribution in [1.82, 2.24) is 20.3 Å². The third-order valence-corrected chi connectivity index (χ3v) is 5.55. The molecular formula is C19H20N4O2S. The number of carbonyl (C=O) groups is 1. The highest BCUT2D eigenvalue weighted by atomic mass is 32.1. The lowest BCUT2D eigenvalue weighted by Crippen LogP contribution is -2.26. The number of aromatic amines is 1. The number of thiazole rings is 1. The van der Waals surface area contributed by atoms with Crippen LogP contribution in [0.25, 0.3) is 10.8 Å². The number of imidazole rings is 1. The van der Waals surface area contributed by atoms with Gasteiger partial charge in [0.15, 0.2) is 10.8 Å². The second kappa shape index (κ2) is 6.92. The van der Waals surface area contributed by atoms with Crippen molar-refractivity contribution in [2.45, 2.75) is 25.7 Å². The van der Waals surface area contributed by atoms with Crippen LogP contribution in [0.15, 0.2) is 29.6 Å². The van der Waals surface area contributed by atoms with Crippen LogP contribution >= 0.6 is 11.3 Å². The number of fused-ring (bicyclic) bond motifs is 1. The molecule has 0 bridgehead atoms. The van der Waals surface area contributed by atoms with E-state index in [0.29, 0.717) is 24.5 Å². The van der Waals surface area contributed by atoms with Gasteiger partial charge in [-0.05, 0) is 24.5 Å². The number of ether oxygens (including phenoxy) is 1. The van der Waals surface area contributed by atoms with E-state index in [9.17, 15) is 4.79 Å². The van der Waals surface area contributed by atoms with Crippen LogP contribution in [0.5, 0.6) is 5.75 Å². The Balaban J connectivity index is 1.69. The Morgan fingerprint density at radius 1 is 1.31 bits per heavy atom. The van der Waals surface area contributed by atoms with Crippen molar-refractivity contribution in [3.05, 3.63) is 52.3 Å². The topological polar surface area (TPSA) is 79.9 Å². The van der Waals surface area contributed by atoms with Crippen LogP contribution < -0.4 is 10.1 Å². The van der Waals surface area contributed by atoms with Gasteiger partial charge in [-0.1, -0.05) is 25.1 Å². The molecule has 0 unspecified atom stereocenters. The maximum Gasteiger partial charge on any atom is 0.271 e. The van der Waals surface area contributed by atoms with Crippen LogP contribution in [-0.4, -0.2) is 34.5 Å². The van der Waals surface area contributed by atoms with Crippen molar-refractivity contribution < 1.29 is 9.53 Å². The molecule has 0 radical (unpaired) electrons. The summed E-state index contributed by atoms with van der Waals surface area (Å²) in [6.45, 7) is 2.62. The molecule has 2 N–H and O–H groups in total. The van der Waals surface area contributed by atoms with E-state index in [1.165, 1.54) is 0 Å². The molecule has 1 amide bonds. The summed E-state index contributed by atoms with van der Waals surface area (Å²) >= 11 is 1.54. The van der Waals surface area contributed by atoms with Gasteiger partial charge in [0, 0.05) is 23.5 Å². The number of para-hydroxylation sites is 1. The number of H-pyrrole nitrogens is 1. The lowest BCUT2D eigenvalue weighted by atomic mass is 9.93. The van der Waals surface area contributed by atoms with Crippen LogP contribution in [0.1, 0.15) is 40.3 Å². The number of aryl methyl sites for hydroxylation is 1. The SMILES string of the molecule is CCc1csc(-c2nc3c([nH]2)C[C@@H](c2ccccc2OC)CNC3=O)n1. The molecule has 1 atom stereocenters. The number of carbonyl (C=O) groups excluding carboxylic acids is 1. The molecule has 6 nitrogen and oxygen atoms in total. The van der Waals surface area contributed by atoms with Gasteiger partial charge in [0.25, 0.3) is 5.91 Å². The van der Waals surface area contributed by atoms with Gasteiger partial charge in [-0.15, -0.1) is 11.3 Å². The molecule has 1 aliphatic heterocycles. The molecule has 1 aliphatic rings. The summed E-state index contributed by atoms with van der Waals surface area (Å²) in [6, 6.07) is 7.94. The molecule has 26 heavy (non-hydrogen) atoms. The molecular weight excluding hydrogens is 348 g/mol. The van der Waals surface area contributed by atoms with E-state index in [1.54, 1.807) is 18.4 Å². The monoisotopic (exact) mass is 368 g/mol. The molecule has 134 valence electrons. The van der Waals surface area contributed by atoms with Crippen molar-refractivity contribution in [2.75, 3.05) is 13.7 Å². The van der Waals surface area contributed by atoms with Gasteiger partial charge in [-0.25, -0.2) is 9.97 Å². The Morgan fingerprint density at radius 3 is 2.92 bits per heavy atom. The minimum atomic E-state index is -0.146. The predicted molar refractivity (Wildman–Crippen MR) is 101 cm³/mol. The van der Waals surface area contributed by atoms with Crippen LogP contribution in [0.4, 0.5) is 0 Å². The first-order valence-electron chi connectivity index (χ1n) is 8.64. The molecule has 0 spiro atoms. The van der Waals surface area contributed by atoms with Crippen LogP contribution in [0, 0.1) is 0 Å². The second-order valence-corrected chi connectivity index (χ2v) is 7.12. The van der Waals surface area contributed by atoms with E-state index < -0.39 is 0 Å². The van der Waals surface area contributed by atoms with Crippen molar-refractivity contribution >= 4 is 17.2 Å². The average molecular weight is 368 g/mol. The Kier molecular flexibility index (Phi) is 4.46. The van der Waals surface area contributed by atoms with Crippen molar-refractivity contribution in [3.63, 3.8) is 0 Å². The number of nitrogens with one attached hydrogen (secondary N) is 2. The summed E-state index contributed by atoms with van der Waals surface area (Å²) in [6.07, 6.45) is 1.57. The first kappa shape index (κ1) is 16.8. The lowest BCUT2D eigenvalue weighted by Gasteiger charge is -2.17. The van der Waals surface area contributed by atoms with Gasteiger partial charge in [-0.3, -0.25) is 4.79 Å². The average Bonchev–Trinajstić information content (AvgIpc) is 3.28. The number of nitrogens with zero attached hydrogens (tertiary/aromatic N) is 2. The van der Waals surface area contributed by atoms with Gasteiger partial charge >= 0.3 is 0 Å². The van der Waals surface area contributed by atoms with E-state index in [-0.39, 0.29) is 11.8 Å². The van der Waals surface area contributed by atoms with Gasteiger partial charge in [0.2, 0.25) is 0 Å². The van der Waals surface area contributed by atoms with Crippen LogP contribution in [0.2, 0.25) is 0 Å². The van der Waals surface area contributed by atoms with Gasteiger partial charge in [0.1, 0.15) is 11.4 Å². The predicted octanol–water partition coefficient (Wildman–Crippen LogP) is 3.17. The highest BCUT2D eigenvalue weighted by Crippen LogP contribution is 2.32. The largest absolute Gasteiger partial charge is 0.496 e. The molecule has 0 saturated heterocycles. The fraction of sp³-hybridized carbons (Fsp3) is 0.316. The number of rotatable bonds is 4. The lowest BCUT2D eigenvalue weighted by molar-refractivity contribution is 0.0950. The number of benzene rings is 1. The molecule has 0 fully saturated rings. The molecule has 0 saturated carbocycles. The fourth-order valence-electron chi connectivity index (χ4n) is 3.27. The first-order chi connectivity index (χ1) is 12.7. The highest BCUT2D eigenvalue weighted by molar-refractivity contribution is 7.13. The normalized spacial score (nSPS) is 16.7. The highest BCUT2D eigenvalue weighted by Gasteiger charge is 2.28. The standard InChI is InChI=1S/C19H20N4O2S/c1-3-12-10-26-19(21-12)17-22-14-8-11(9-20-18(24)16(14)23-17)13-6-4-5-7-15(13)25-2/h4-7,10-11H,3,8-9H2,1-2H3,(H,20,24)(H,22,23)/t11-/m1/s1. The maximum atomic E-state index is 12.5. The molecule has 1 aromatic carbocycles. The Hall–Kier alpha value is -2.67. The molecule has 7 heteroatoms. The number of hydrogen-bond acceptors (Lipinski definition) is 5. The van der Waals surface area contributed by atoms with E-state index >= 15 is 0 Å². The van der Waals surface area contributed by atoms with Crippen LogP contribution in [0.3, 0.4) is 0 Å². The molecule has 2 aromatic heterocycles. The summed E-state index contributed by atoms with van der Waals surface area (Å²) in [5.74, 6) is 1.47. The van der Waals surface area contributed by atoms with Crippen molar-refractivity contribution in [3.8, 4) is 16.6 Å². The summed E-state index contributed by atoms with van der Waals surface area (Å²) in [4.78, 5) is 24.9. The van der Waals surface area contributed by atoms with Gasteiger partial charge < -0.3 is 15.0 Å². The third kappa shape index (κ3) is 2.99. The van der Waals surface area contributed by atoms with E-state index in [4.69, 9.17) is 4.74 Å². The summed E-state index contributed by atoms with van der Waals surface area (Å²) < 4.78 is 5.50. The van der Waals surface area contributed by atoms with Crippen molar-refractivity contribution in [1.29, 1.82) is 0 Å². The third-order valence-electron chi connectivity index (χ3n) is 4.65. The number of amides is 1. The van der Waals surface area contributed by atoms with Gasteiger partial charge in [0.05, 0.1) is 12.8 Å². The molecule has 3 aromatic rings. The second-order valence-electron chi connectivity index (χ2n) is 6.26. The molecule has 0 aliphatic carbocycles. The Morgan fingerprint density at radius 2 is 2.15 bits per heavy atom. The van der Waals surface area contributed by atoms with Crippen molar-refractivity contribution in [2.24, 2.45) is 0 Å². The van der Waals surface area contributed by atoms with Gasteiger partial charge in [-0.2, -0.15) is 0 Å². The zero-order valence-electron chi connectivity index (χ0n) is 14.7. The summed E-state index contributed by atoms with van der Waals surface area (Å²) in [7, 11) is 1.67. The minimum absolute atomic E-state index is 0.118. The van der Waals surface area contributed by atoms with E-state index in [2.05, 4.69) is 27.2 Å². The summed E-state index contributed by atoms with van der Waals surface area (Å²) in [5.41, 5.74) is 3.43. The first-order valence-corrected chi connectivity index (χ1v) is 9.52. The molecule has 3 heterocycles. The minimum Gasteiger partial charge on any atom is -0.496 e. The van der Waals surface area contributed by atoms with E-state index in [0.717, 1.165) is 34.1 Å². The summed E-state index contributed by atoms with van der Waals surface area (Å²) in [5, 5.41) is 5.83. The zero-order chi connectivity index (χ0) is 18.1. The Bertz CT molecular complexity index is 947. The number of aromatic nitrogens is 3. The zero-order valence-corrected chi connectivity index (χ0v) is 15.5. The fourth-order valence-corrected chi connectivity index (χ4v) is 4.11. The van der Waals surface area contributed by atoms with E-state index in [1.807, 2.05) is 29.6 Å².